The predicted octanol–water partition coefficient (Wildman–Crippen LogP) is 2.37. The van der Waals surface area contributed by atoms with Gasteiger partial charge in [-0.25, -0.2) is 0 Å². The maximum Gasteiger partial charge on any atom is 0.300 e. The summed E-state index contributed by atoms with van der Waals surface area (Å²) in [6.07, 6.45) is 8.74. The number of rotatable bonds is 3. The molecule has 0 spiro atoms. The summed E-state index contributed by atoms with van der Waals surface area (Å²) in [4.78, 5) is 9.00. The molecule has 0 aromatic heterocycles. The molecular formula is C12H20O3. The van der Waals surface area contributed by atoms with Crippen LogP contribution < -0.4 is 0 Å². The Kier molecular flexibility index (Phi) is 7.64. The average Bonchev–Trinajstić information content (AvgIpc) is 2.19. The van der Waals surface area contributed by atoms with Gasteiger partial charge in [0.05, 0.1) is 0 Å². The van der Waals surface area contributed by atoms with Gasteiger partial charge in [0.15, 0.2) is 0 Å². The minimum Gasteiger partial charge on any atom is -0.481 e. The first kappa shape index (κ1) is 13.9. The van der Waals surface area contributed by atoms with Crippen molar-refractivity contribution in [2.24, 2.45) is 5.92 Å². The zero-order valence-electron chi connectivity index (χ0n) is 9.28. The topological polar surface area (TPSA) is 57.5 Å². The molecule has 3 nitrogen and oxygen atoms in total. The number of allylic oxidation sites excluding steroid dienone is 2. The van der Waals surface area contributed by atoms with Crippen molar-refractivity contribution in [3.63, 3.8) is 0 Å². The van der Waals surface area contributed by atoms with E-state index in [1.807, 2.05) is 0 Å². The molecule has 0 aromatic carbocycles. The summed E-state index contributed by atoms with van der Waals surface area (Å²) in [5.74, 6) is -0.202. The predicted molar refractivity (Wildman–Crippen MR) is 60.6 cm³/mol. The van der Waals surface area contributed by atoms with E-state index in [1.165, 1.54) is 18.4 Å². The first-order chi connectivity index (χ1) is 7.07. The number of carboxylic acid groups (broad SMARTS) is 1. The van der Waals surface area contributed by atoms with Gasteiger partial charge in [-0.2, -0.15) is 0 Å². The van der Waals surface area contributed by atoms with E-state index >= 15 is 0 Å². The van der Waals surface area contributed by atoms with E-state index in [-0.39, 0.29) is 6.61 Å². The van der Waals surface area contributed by atoms with Crippen LogP contribution in [0.25, 0.3) is 0 Å². The van der Waals surface area contributed by atoms with Crippen molar-refractivity contribution >= 4 is 5.97 Å². The van der Waals surface area contributed by atoms with E-state index in [2.05, 4.69) is 18.7 Å². The van der Waals surface area contributed by atoms with Gasteiger partial charge in [-0.3, -0.25) is 4.79 Å². The highest BCUT2D eigenvalue weighted by Crippen LogP contribution is 2.25. The molecule has 3 heteroatoms. The second-order valence-electron chi connectivity index (χ2n) is 3.63. The molecule has 1 aliphatic carbocycles. The van der Waals surface area contributed by atoms with E-state index < -0.39 is 5.97 Å². The molecule has 0 aromatic rings. The summed E-state index contributed by atoms with van der Waals surface area (Å²) in [6.45, 7) is 5.31. The molecule has 0 aliphatic heterocycles. The van der Waals surface area contributed by atoms with Crippen LogP contribution in [0.5, 0.6) is 0 Å². The van der Waals surface area contributed by atoms with E-state index in [9.17, 15) is 0 Å². The lowest BCUT2D eigenvalue weighted by Gasteiger charge is -2.19. The zero-order chi connectivity index (χ0) is 11.7. The highest BCUT2D eigenvalue weighted by Gasteiger charge is 2.12. The maximum atomic E-state index is 9.00. The first-order valence-electron chi connectivity index (χ1n) is 5.21. The van der Waals surface area contributed by atoms with Gasteiger partial charge in [0.2, 0.25) is 0 Å². The fourth-order valence-corrected chi connectivity index (χ4v) is 1.51. The van der Waals surface area contributed by atoms with Crippen LogP contribution in [0.2, 0.25) is 0 Å². The molecule has 0 bridgehead atoms. The van der Waals surface area contributed by atoms with Gasteiger partial charge in [-0.1, -0.05) is 24.3 Å². The molecule has 0 radical (unpaired) electrons. The van der Waals surface area contributed by atoms with Crippen LogP contribution in [0.4, 0.5) is 0 Å². The van der Waals surface area contributed by atoms with Gasteiger partial charge < -0.3 is 10.2 Å². The van der Waals surface area contributed by atoms with Crippen molar-refractivity contribution in [3.05, 3.63) is 24.3 Å². The van der Waals surface area contributed by atoms with Crippen molar-refractivity contribution in [1.82, 2.24) is 0 Å². The minimum absolute atomic E-state index is 0.249. The van der Waals surface area contributed by atoms with Gasteiger partial charge >= 0.3 is 0 Å². The van der Waals surface area contributed by atoms with Gasteiger partial charge in [0.25, 0.3) is 5.97 Å². The second kappa shape index (κ2) is 8.24. The molecule has 15 heavy (non-hydrogen) atoms. The van der Waals surface area contributed by atoms with Crippen molar-refractivity contribution in [2.45, 2.75) is 32.6 Å². The highest BCUT2D eigenvalue weighted by atomic mass is 16.4. The Hall–Kier alpha value is -1.09. The number of aliphatic hydroxyl groups is 1. The number of aliphatic carboxylic acids is 1. The molecule has 1 rings (SSSR count). The van der Waals surface area contributed by atoms with Crippen LogP contribution in [0, 0.1) is 5.92 Å². The fourth-order valence-electron chi connectivity index (χ4n) is 1.51. The summed E-state index contributed by atoms with van der Waals surface area (Å²) >= 11 is 0. The average molecular weight is 212 g/mol. The minimum atomic E-state index is -0.833. The second-order valence-corrected chi connectivity index (χ2v) is 3.63. The Labute approximate surface area is 91.1 Å². The number of aliphatic hydroxyl groups excluding tert-OH is 1. The van der Waals surface area contributed by atoms with Crippen molar-refractivity contribution in [1.29, 1.82) is 0 Å². The Morgan fingerprint density at radius 2 is 2.13 bits per heavy atom. The smallest absolute Gasteiger partial charge is 0.300 e. The van der Waals surface area contributed by atoms with Crippen LogP contribution >= 0.6 is 0 Å². The molecule has 1 unspecified atom stereocenters. The Morgan fingerprint density at radius 1 is 1.53 bits per heavy atom. The summed E-state index contributed by atoms with van der Waals surface area (Å²) in [7, 11) is 0. The molecular weight excluding hydrogens is 192 g/mol. The summed E-state index contributed by atoms with van der Waals surface area (Å²) in [6, 6.07) is 0. The van der Waals surface area contributed by atoms with Gasteiger partial charge in [-0.05, 0) is 31.6 Å². The lowest BCUT2D eigenvalue weighted by atomic mass is 9.87. The molecule has 0 saturated carbocycles. The summed E-state index contributed by atoms with van der Waals surface area (Å²) < 4.78 is 0. The van der Waals surface area contributed by atoms with Gasteiger partial charge in [0, 0.05) is 13.5 Å². The number of hydrogen-bond acceptors (Lipinski definition) is 2. The largest absolute Gasteiger partial charge is 0.481 e. The third kappa shape index (κ3) is 7.94. The molecule has 2 N–H and O–H groups in total. The lowest BCUT2D eigenvalue weighted by Crippen LogP contribution is -2.06. The van der Waals surface area contributed by atoms with Crippen molar-refractivity contribution in [2.75, 3.05) is 6.61 Å². The fraction of sp³-hybridized carbons (Fsp3) is 0.583. The number of carboxylic acids is 1. The molecule has 0 amide bonds. The molecule has 0 fully saturated rings. The van der Waals surface area contributed by atoms with E-state index in [1.54, 1.807) is 0 Å². The SMILES string of the molecule is C=C(CCO)C1CC=CCC1.CC(=O)O. The van der Waals surface area contributed by atoms with Crippen LogP contribution in [-0.2, 0) is 4.79 Å². The Morgan fingerprint density at radius 3 is 2.53 bits per heavy atom. The molecule has 0 saturated heterocycles. The molecule has 1 atom stereocenters. The van der Waals surface area contributed by atoms with Gasteiger partial charge in [-0.15, -0.1) is 0 Å². The van der Waals surface area contributed by atoms with Crippen molar-refractivity contribution < 1.29 is 15.0 Å². The molecule has 0 heterocycles. The van der Waals surface area contributed by atoms with Crippen LogP contribution in [-0.4, -0.2) is 22.8 Å². The van der Waals surface area contributed by atoms with Crippen molar-refractivity contribution in [3.8, 4) is 0 Å². The van der Waals surface area contributed by atoms with E-state index in [0.29, 0.717) is 5.92 Å². The molecule has 1 aliphatic rings. The Balaban J connectivity index is 0.000000423. The monoisotopic (exact) mass is 212 g/mol. The van der Waals surface area contributed by atoms with Crippen LogP contribution in [0.3, 0.4) is 0 Å². The normalized spacial score (nSPS) is 18.9. The zero-order valence-corrected chi connectivity index (χ0v) is 9.28. The summed E-state index contributed by atoms with van der Waals surface area (Å²) in [5.41, 5.74) is 1.22. The molecule has 86 valence electrons. The summed E-state index contributed by atoms with van der Waals surface area (Å²) in [5, 5.41) is 16.1. The first-order valence-corrected chi connectivity index (χ1v) is 5.21. The number of hydrogen-bond donors (Lipinski definition) is 2. The Bertz CT molecular complexity index is 227. The van der Waals surface area contributed by atoms with Gasteiger partial charge in [0.1, 0.15) is 0 Å². The third-order valence-corrected chi connectivity index (χ3v) is 2.28. The standard InChI is InChI=1S/C10H16O.C2H4O2/c1-9(7-8-11)10-5-3-2-4-6-10;1-2(3)4/h2-3,10-11H,1,4-8H2;1H3,(H,3,4). The highest BCUT2D eigenvalue weighted by molar-refractivity contribution is 5.62. The maximum absolute atomic E-state index is 9.00. The van der Waals surface area contributed by atoms with Crippen LogP contribution in [0.1, 0.15) is 32.6 Å². The van der Waals surface area contributed by atoms with Crippen LogP contribution in [0.15, 0.2) is 24.3 Å². The quantitative estimate of drug-likeness (QED) is 0.706. The lowest BCUT2D eigenvalue weighted by molar-refractivity contribution is -0.134. The van der Waals surface area contributed by atoms with E-state index in [0.717, 1.165) is 19.8 Å². The number of carbonyl (C=O) groups is 1. The van der Waals surface area contributed by atoms with E-state index in [4.69, 9.17) is 15.0 Å². The third-order valence-electron chi connectivity index (χ3n) is 2.28.